The maximum Gasteiger partial charge on any atom is 0.201 e. The molecule has 1 aliphatic rings. The molecular formula is C12H16N4. The molecule has 4 heteroatoms. The largest absolute Gasteiger partial charge is 0.369 e. The zero-order valence-electron chi connectivity index (χ0n) is 9.19. The maximum atomic E-state index is 5.98. The molecule has 0 saturated heterocycles. The van der Waals surface area contributed by atoms with Crippen molar-refractivity contribution in [3.63, 3.8) is 0 Å². The first-order chi connectivity index (χ1) is 7.79. The Labute approximate surface area is 94.3 Å². The van der Waals surface area contributed by atoms with Crippen LogP contribution < -0.4 is 11.5 Å². The Morgan fingerprint density at radius 1 is 1.38 bits per heavy atom. The Balaban J connectivity index is 2.16. The molecule has 4 N–H and O–H groups in total. The summed E-state index contributed by atoms with van der Waals surface area (Å²) in [5, 5.41) is 0. The van der Waals surface area contributed by atoms with E-state index in [0.717, 1.165) is 16.6 Å². The van der Waals surface area contributed by atoms with Crippen LogP contribution in [0.1, 0.15) is 30.9 Å². The minimum absolute atomic E-state index is 0.548. The molecule has 0 aliphatic heterocycles. The summed E-state index contributed by atoms with van der Waals surface area (Å²) in [6.07, 6.45) is 3.73. The third-order valence-electron chi connectivity index (χ3n) is 3.46. The van der Waals surface area contributed by atoms with Gasteiger partial charge in [0.05, 0.1) is 11.0 Å². The Hall–Kier alpha value is -1.55. The van der Waals surface area contributed by atoms with Crippen molar-refractivity contribution in [3.8, 4) is 0 Å². The van der Waals surface area contributed by atoms with Crippen molar-refractivity contribution < 1.29 is 0 Å². The number of nitrogens with two attached hydrogens (primary N) is 2. The highest BCUT2D eigenvalue weighted by molar-refractivity contribution is 5.79. The van der Waals surface area contributed by atoms with E-state index in [0.29, 0.717) is 18.5 Å². The average molecular weight is 216 g/mol. The van der Waals surface area contributed by atoms with Crippen LogP contribution in [-0.2, 0) is 6.54 Å². The highest BCUT2D eigenvalue weighted by Crippen LogP contribution is 2.36. The van der Waals surface area contributed by atoms with E-state index in [1.807, 2.05) is 6.07 Å². The van der Waals surface area contributed by atoms with Crippen LogP contribution in [0.5, 0.6) is 0 Å². The fourth-order valence-corrected chi connectivity index (χ4v) is 2.32. The second kappa shape index (κ2) is 3.49. The summed E-state index contributed by atoms with van der Waals surface area (Å²) in [4.78, 5) is 4.41. The van der Waals surface area contributed by atoms with Gasteiger partial charge in [0.15, 0.2) is 0 Å². The van der Waals surface area contributed by atoms with Crippen LogP contribution >= 0.6 is 0 Å². The van der Waals surface area contributed by atoms with Crippen LogP contribution in [0.15, 0.2) is 18.2 Å². The third-order valence-corrected chi connectivity index (χ3v) is 3.46. The maximum absolute atomic E-state index is 5.98. The molecule has 0 atom stereocenters. The first-order valence-corrected chi connectivity index (χ1v) is 5.76. The Morgan fingerprint density at radius 2 is 2.19 bits per heavy atom. The van der Waals surface area contributed by atoms with E-state index < -0.39 is 0 Å². The second-order valence-electron chi connectivity index (χ2n) is 4.45. The zero-order valence-corrected chi connectivity index (χ0v) is 9.19. The number of rotatable bonds is 2. The van der Waals surface area contributed by atoms with Gasteiger partial charge in [-0.2, -0.15) is 0 Å². The van der Waals surface area contributed by atoms with Gasteiger partial charge in [0.2, 0.25) is 5.95 Å². The van der Waals surface area contributed by atoms with Crippen molar-refractivity contribution in [3.05, 3.63) is 23.8 Å². The molecule has 1 aromatic heterocycles. The van der Waals surface area contributed by atoms with Gasteiger partial charge >= 0.3 is 0 Å². The molecule has 16 heavy (non-hydrogen) atoms. The SMILES string of the molecule is NCc1ccc2c(c1)nc(N)n2C1CCC1. The lowest BCUT2D eigenvalue weighted by atomic mass is 9.93. The summed E-state index contributed by atoms with van der Waals surface area (Å²) in [7, 11) is 0. The lowest BCUT2D eigenvalue weighted by Crippen LogP contribution is -2.18. The minimum Gasteiger partial charge on any atom is -0.369 e. The normalized spacial score (nSPS) is 16.6. The van der Waals surface area contributed by atoms with Gasteiger partial charge in [0.1, 0.15) is 0 Å². The lowest BCUT2D eigenvalue weighted by Gasteiger charge is -2.28. The molecule has 0 spiro atoms. The average Bonchev–Trinajstić information content (AvgIpc) is 2.53. The fraction of sp³-hybridized carbons (Fsp3) is 0.417. The molecule has 3 rings (SSSR count). The standard InChI is InChI=1S/C12H16N4/c13-7-8-4-5-11-10(6-8)15-12(14)16(11)9-2-1-3-9/h4-6,9H,1-3,7,13H2,(H2,14,15). The molecule has 1 fully saturated rings. The fourth-order valence-electron chi connectivity index (χ4n) is 2.32. The smallest absolute Gasteiger partial charge is 0.201 e. The second-order valence-corrected chi connectivity index (χ2v) is 4.45. The van der Waals surface area contributed by atoms with Crippen LogP contribution in [0.2, 0.25) is 0 Å². The van der Waals surface area contributed by atoms with Crippen LogP contribution in [0.25, 0.3) is 11.0 Å². The first-order valence-electron chi connectivity index (χ1n) is 5.76. The number of fused-ring (bicyclic) bond motifs is 1. The molecule has 1 aromatic carbocycles. The van der Waals surface area contributed by atoms with Gasteiger partial charge in [-0.25, -0.2) is 4.98 Å². The molecule has 0 bridgehead atoms. The van der Waals surface area contributed by atoms with Crippen molar-refractivity contribution in [2.24, 2.45) is 5.73 Å². The summed E-state index contributed by atoms with van der Waals surface area (Å²) in [5.41, 5.74) is 14.8. The topological polar surface area (TPSA) is 69.9 Å². The Morgan fingerprint density at radius 3 is 2.81 bits per heavy atom. The van der Waals surface area contributed by atoms with Crippen molar-refractivity contribution in [1.82, 2.24) is 9.55 Å². The predicted octanol–water partition coefficient (Wildman–Crippen LogP) is 1.80. The van der Waals surface area contributed by atoms with E-state index in [1.165, 1.54) is 19.3 Å². The van der Waals surface area contributed by atoms with Gasteiger partial charge in [-0.05, 0) is 37.0 Å². The Kier molecular flexibility index (Phi) is 2.11. The van der Waals surface area contributed by atoms with Crippen molar-refractivity contribution in [2.75, 3.05) is 5.73 Å². The molecule has 1 saturated carbocycles. The van der Waals surface area contributed by atoms with Crippen LogP contribution in [0, 0.1) is 0 Å². The summed E-state index contributed by atoms with van der Waals surface area (Å²) in [6, 6.07) is 6.72. The summed E-state index contributed by atoms with van der Waals surface area (Å²) in [6.45, 7) is 0.548. The van der Waals surface area contributed by atoms with Crippen LogP contribution in [0.3, 0.4) is 0 Å². The molecule has 0 amide bonds. The van der Waals surface area contributed by atoms with Crippen LogP contribution in [0.4, 0.5) is 5.95 Å². The Bertz CT molecular complexity index is 525. The summed E-state index contributed by atoms with van der Waals surface area (Å²) >= 11 is 0. The van der Waals surface area contributed by atoms with Crippen molar-refractivity contribution in [2.45, 2.75) is 31.8 Å². The van der Waals surface area contributed by atoms with E-state index in [-0.39, 0.29) is 0 Å². The first kappa shape index (κ1) is 9.66. The lowest BCUT2D eigenvalue weighted by molar-refractivity contribution is 0.324. The highest BCUT2D eigenvalue weighted by atomic mass is 15.2. The molecule has 0 unspecified atom stereocenters. The van der Waals surface area contributed by atoms with Gasteiger partial charge in [0.25, 0.3) is 0 Å². The number of imidazole rings is 1. The van der Waals surface area contributed by atoms with Crippen molar-refractivity contribution >= 4 is 17.0 Å². The van der Waals surface area contributed by atoms with Gasteiger partial charge in [-0.1, -0.05) is 6.07 Å². The quantitative estimate of drug-likeness (QED) is 0.804. The molecule has 84 valence electrons. The number of nitrogens with zero attached hydrogens (tertiary/aromatic N) is 2. The minimum atomic E-state index is 0.548. The van der Waals surface area contributed by atoms with Gasteiger partial charge < -0.3 is 16.0 Å². The summed E-state index contributed by atoms with van der Waals surface area (Å²) in [5.74, 6) is 0.633. The molecule has 2 aromatic rings. The van der Waals surface area contributed by atoms with E-state index in [1.54, 1.807) is 0 Å². The van der Waals surface area contributed by atoms with Crippen molar-refractivity contribution in [1.29, 1.82) is 0 Å². The van der Waals surface area contributed by atoms with Gasteiger partial charge in [0, 0.05) is 12.6 Å². The molecule has 1 aliphatic carbocycles. The van der Waals surface area contributed by atoms with E-state index in [4.69, 9.17) is 11.5 Å². The number of benzene rings is 1. The molecule has 4 nitrogen and oxygen atoms in total. The highest BCUT2D eigenvalue weighted by Gasteiger charge is 2.23. The monoisotopic (exact) mass is 216 g/mol. The van der Waals surface area contributed by atoms with Crippen LogP contribution in [-0.4, -0.2) is 9.55 Å². The summed E-state index contributed by atoms with van der Waals surface area (Å²) < 4.78 is 2.17. The number of nitrogen functional groups attached to an aromatic ring is 1. The number of hydrogen-bond acceptors (Lipinski definition) is 3. The number of aromatic nitrogens is 2. The third kappa shape index (κ3) is 1.30. The number of hydrogen-bond donors (Lipinski definition) is 2. The predicted molar refractivity (Wildman–Crippen MR) is 64.9 cm³/mol. The molecule has 1 heterocycles. The molecule has 0 radical (unpaired) electrons. The van der Waals surface area contributed by atoms with E-state index in [9.17, 15) is 0 Å². The van der Waals surface area contributed by atoms with E-state index >= 15 is 0 Å². The molecular weight excluding hydrogens is 200 g/mol. The zero-order chi connectivity index (χ0) is 11.1. The number of anilines is 1. The van der Waals surface area contributed by atoms with E-state index in [2.05, 4.69) is 21.7 Å². The van der Waals surface area contributed by atoms with Gasteiger partial charge in [-0.15, -0.1) is 0 Å². The van der Waals surface area contributed by atoms with Gasteiger partial charge in [-0.3, -0.25) is 0 Å².